The van der Waals surface area contributed by atoms with E-state index in [1.807, 2.05) is 13.0 Å². The van der Waals surface area contributed by atoms with Crippen molar-refractivity contribution in [3.05, 3.63) is 35.5 Å². The summed E-state index contributed by atoms with van der Waals surface area (Å²) in [5, 5.41) is 4.23. The predicted molar refractivity (Wildman–Crippen MR) is 78.3 cm³/mol. The Hall–Kier alpha value is -1.65. The van der Waals surface area contributed by atoms with Gasteiger partial charge in [-0.25, -0.2) is 0 Å². The normalized spacial score (nSPS) is 14.1. The first-order valence-electron chi connectivity index (χ1n) is 6.09. The number of hydrogen-bond acceptors (Lipinski definition) is 3. The Morgan fingerprint density at radius 3 is 2.89 bits per heavy atom. The predicted octanol–water partition coefficient (Wildman–Crippen LogP) is 2.95. The third-order valence-corrected chi connectivity index (χ3v) is 3.55. The number of nitrogens with zero attached hydrogens (tertiary/aromatic N) is 1. The molecular formula is C14H16ClN3O. The topological polar surface area (TPSA) is 68.0 Å². The van der Waals surface area contributed by atoms with Gasteiger partial charge in [0.2, 0.25) is 5.91 Å². The van der Waals surface area contributed by atoms with Crippen molar-refractivity contribution in [3.63, 3.8) is 0 Å². The van der Waals surface area contributed by atoms with Crippen molar-refractivity contribution >= 4 is 34.1 Å². The largest absolute Gasteiger partial charge is 0.323 e. The van der Waals surface area contributed by atoms with Gasteiger partial charge < -0.3 is 11.1 Å². The van der Waals surface area contributed by atoms with Crippen molar-refractivity contribution in [3.8, 4) is 0 Å². The molecule has 1 heterocycles. The highest BCUT2D eigenvalue weighted by molar-refractivity contribution is 6.36. The molecule has 5 heteroatoms. The van der Waals surface area contributed by atoms with Gasteiger partial charge in [-0.05, 0) is 37.6 Å². The van der Waals surface area contributed by atoms with Gasteiger partial charge in [-0.1, -0.05) is 18.5 Å². The SMILES string of the molecule is CCC(C)(N)C(=O)Nc1ccc(Cl)c2cccnc12. The number of nitrogens with two attached hydrogens (primary N) is 1. The maximum atomic E-state index is 12.1. The number of hydrogen-bond donors (Lipinski definition) is 2. The first-order chi connectivity index (χ1) is 8.95. The zero-order valence-corrected chi connectivity index (χ0v) is 11.7. The summed E-state index contributed by atoms with van der Waals surface area (Å²) in [4.78, 5) is 16.4. The zero-order chi connectivity index (χ0) is 14.0. The molecule has 0 spiro atoms. The molecule has 0 radical (unpaired) electrons. The van der Waals surface area contributed by atoms with E-state index >= 15 is 0 Å². The van der Waals surface area contributed by atoms with Gasteiger partial charge in [0.15, 0.2) is 0 Å². The van der Waals surface area contributed by atoms with Crippen LogP contribution in [0.5, 0.6) is 0 Å². The van der Waals surface area contributed by atoms with Crippen molar-refractivity contribution < 1.29 is 4.79 Å². The van der Waals surface area contributed by atoms with Gasteiger partial charge in [-0.2, -0.15) is 0 Å². The van der Waals surface area contributed by atoms with Gasteiger partial charge in [-0.15, -0.1) is 0 Å². The number of aromatic nitrogens is 1. The lowest BCUT2D eigenvalue weighted by Crippen LogP contribution is -2.47. The molecule has 4 nitrogen and oxygen atoms in total. The molecule has 0 aliphatic heterocycles. The Balaban J connectivity index is 2.42. The molecule has 0 fully saturated rings. The lowest BCUT2D eigenvalue weighted by atomic mass is 9.99. The Bertz CT molecular complexity index is 625. The zero-order valence-electron chi connectivity index (χ0n) is 10.9. The number of benzene rings is 1. The van der Waals surface area contributed by atoms with Gasteiger partial charge in [0.1, 0.15) is 0 Å². The van der Waals surface area contributed by atoms with E-state index in [1.165, 1.54) is 0 Å². The molecule has 1 amide bonds. The fraction of sp³-hybridized carbons (Fsp3) is 0.286. The lowest BCUT2D eigenvalue weighted by molar-refractivity contribution is -0.120. The van der Waals surface area contributed by atoms with E-state index in [0.29, 0.717) is 22.6 Å². The van der Waals surface area contributed by atoms with Crippen molar-refractivity contribution in [2.45, 2.75) is 25.8 Å². The molecule has 19 heavy (non-hydrogen) atoms. The van der Waals surface area contributed by atoms with E-state index < -0.39 is 5.54 Å². The molecule has 3 N–H and O–H groups in total. The van der Waals surface area contributed by atoms with E-state index in [4.69, 9.17) is 17.3 Å². The second-order valence-electron chi connectivity index (χ2n) is 4.72. The van der Waals surface area contributed by atoms with Gasteiger partial charge >= 0.3 is 0 Å². The molecule has 0 saturated heterocycles. The van der Waals surface area contributed by atoms with Crippen molar-refractivity contribution in [1.29, 1.82) is 0 Å². The highest BCUT2D eigenvalue weighted by atomic mass is 35.5. The highest BCUT2D eigenvalue weighted by Gasteiger charge is 2.26. The summed E-state index contributed by atoms with van der Waals surface area (Å²) >= 11 is 6.11. The Labute approximate surface area is 117 Å². The summed E-state index contributed by atoms with van der Waals surface area (Å²) in [6, 6.07) is 7.14. The van der Waals surface area contributed by atoms with Crippen LogP contribution in [-0.2, 0) is 4.79 Å². The van der Waals surface area contributed by atoms with Gasteiger partial charge in [-0.3, -0.25) is 9.78 Å². The van der Waals surface area contributed by atoms with Crippen LogP contribution in [0.25, 0.3) is 10.9 Å². The number of carbonyl (C=O) groups is 1. The monoisotopic (exact) mass is 277 g/mol. The Morgan fingerprint density at radius 1 is 1.47 bits per heavy atom. The minimum absolute atomic E-state index is 0.232. The van der Waals surface area contributed by atoms with E-state index in [0.717, 1.165) is 5.39 Å². The van der Waals surface area contributed by atoms with Crippen LogP contribution in [0, 0.1) is 0 Å². The number of fused-ring (bicyclic) bond motifs is 1. The number of halogens is 1. The second kappa shape index (κ2) is 5.15. The average Bonchev–Trinajstić information content (AvgIpc) is 2.42. The van der Waals surface area contributed by atoms with Crippen LogP contribution in [0.4, 0.5) is 5.69 Å². The van der Waals surface area contributed by atoms with E-state index in [2.05, 4.69) is 10.3 Å². The minimum atomic E-state index is -0.902. The molecule has 1 atom stereocenters. The summed E-state index contributed by atoms with van der Waals surface area (Å²) in [5.74, 6) is -0.232. The highest BCUT2D eigenvalue weighted by Crippen LogP contribution is 2.28. The molecular weight excluding hydrogens is 262 g/mol. The molecule has 1 aromatic carbocycles. The Kier molecular flexibility index (Phi) is 3.73. The molecule has 0 aliphatic carbocycles. The van der Waals surface area contributed by atoms with Crippen LogP contribution >= 0.6 is 11.6 Å². The molecule has 2 aromatic rings. The van der Waals surface area contributed by atoms with Crippen molar-refractivity contribution in [2.75, 3.05) is 5.32 Å². The maximum absolute atomic E-state index is 12.1. The van der Waals surface area contributed by atoms with Crippen LogP contribution in [0.2, 0.25) is 5.02 Å². The molecule has 1 aromatic heterocycles. The fourth-order valence-electron chi connectivity index (χ4n) is 1.66. The van der Waals surface area contributed by atoms with Crippen LogP contribution in [0.15, 0.2) is 30.5 Å². The second-order valence-corrected chi connectivity index (χ2v) is 5.13. The van der Waals surface area contributed by atoms with E-state index in [9.17, 15) is 4.79 Å². The minimum Gasteiger partial charge on any atom is -0.323 e. The quantitative estimate of drug-likeness (QED) is 0.906. The van der Waals surface area contributed by atoms with Crippen molar-refractivity contribution in [2.24, 2.45) is 5.73 Å². The molecule has 0 bridgehead atoms. The van der Waals surface area contributed by atoms with Crippen LogP contribution in [-0.4, -0.2) is 16.4 Å². The Morgan fingerprint density at radius 2 is 2.21 bits per heavy atom. The van der Waals surface area contributed by atoms with Gasteiger partial charge in [0.25, 0.3) is 0 Å². The summed E-state index contributed by atoms with van der Waals surface area (Å²) in [5.41, 5.74) is 6.30. The number of nitrogens with one attached hydrogen (secondary N) is 1. The number of amides is 1. The number of anilines is 1. The third-order valence-electron chi connectivity index (χ3n) is 3.22. The molecule has 0 aliphatic rings. The first-order valence-corrected chi connectivity index (χ1v) is 6.47. The molecule has 1 unspecified atom stereocenters. The van der Waals surface area contributed by atoms with Crippen LogP contribution in [0.3, 0.4) is 0 Å². The summed E-state index contributed by atoms with van der Waals surface area (Å²) in [6.45, 7) is 3.58. The lowest BCUT2D eigenvalue weighted by Gasteiger charge is -2.22. The van der Waals surface area contributed by atoms with Crippen LogP contribution < -0.4 is 11.1 Å². The summed E-state index contributed by atoms with van der Waals surface area (Å²) in [6.07, 6.45) is 2.22. The maximum Gasteiger partial charge on any atom is 0.244 e. The van der Waals surface area contributed by atoms with E-state index in [1.54, 1.807) is 31.3 Å². The smallest absolute Gasteiger partial charge is 0.244 e. The molecule has 0 saturated carbocycles. The van der Waals surface area contributed by atoms with Gasteiger partial charge in [0.05, 0.1) is 21.8 Å². The number of carbonyl (C=O) groups excluding carboxylic acids is 1. The van der Waals surface area contributed by atoms with Crippen molar-refractivity contribution in [1.82, 2.24) is 4.98 Å². The summed E-state index contributed by atoms with van der Waals surface area (Å²) in [7, 11) is 0. The molecule has 100 valence electrons. The number of rotatable bonds is 3. The third kappa shape index (κ3) is 2.69. The average molecular weight is 278 g/mol. The number of pyridine rings is 1. The first kappa shape index (κ1) is 13.8. The standard InChI is InChI=1S/C14H16ClN3O/c1-3-14(2,16)13(19)18-11-7-6-10(15)9-5-4-8-17-12(9)11/h4-8H,3,16H2,1-2H3,(H,18,19). The van der Waals surface area contributed by atoms with Crippen LogP contribution in [0.1, 0.15) is 20.3 Å². The van der Waals surface area contributed by atoms with E-state index in [-0.39, 0.29) is 5.91 Å². The fourth-order valence-corrected chi connectivity index (χ4v) is 1.88. The summed E-state index contributed by atoms with van der Waals surface area (Å²) < 4.78 is 0. The van der Waals surface area contributed by atoms with Gasteiger partial charge in [0, 0.05) is 11.6 Å². The molecule has 2 rings (SSSR count).